The maximum Gasteiger partial charge on any atom is 0.173 e. The second kappa shape index (κ2) is 7.82. The Hall–Kier alpha value is -2.05. The number of hydrogen-bond donors (Lipinski definition) is 2. The summed E-state index contributed by atoms with van der Waals surface area (Å²) in [4.78, 5) is 1.72. The lowest BCUT2D eigenvalue weighted by atomic mass is 10.2. The van der Waals surface area contributed by atoms with Crippen molar-refractivity contribution in [3.63, 3.8) is 0 Å². The number of aliphatic hydroxyl groups excluding tert-OH is 1. The predicted molar refractivity (Wildman–Crippen MR) is 86.5 cm³/mol. The minimum Gasteiger partial charge on any atom is -0.395 e. The number of anilines is 1. The van der Waals surface area contributed by atoms with Crippen molar-refractivity contribution in [3.05, 3.63) is 65.7 Å². The number of thiocarbonyl (C=S) groups is 1. The molecule has 0 aromatic heterocycles. The average Bonchev–Trinajstić information content (AvgIpc) is 2.50. The maximum absolute atomic E-state index is 13.7. The fourth-order valence-corrected chi connectivity index (χ4v) is 2.23. The molecule has 0 aliphatic carbocycles. The Bertz CT molecular complexity index is 637. The van der Waals surface area contributed by atoms with Gasteiger partial charge in [0.15, 0.2) is 5.11 Å². The van der Waals surface area contributed by atoms with Crippen molar-refractivity contribution in [1.29, 1.82) is 0 Å². The lowest BCUT2D eigenvalue weighted by Gasteiger charge is -2.25. The first-order valence-corrected chi connectivity index (χ1v) is 7.16. The Morgan fingerprint density at radius 1 is 1.14 bits per heavy atom. The minimum atomic E-state index is -0.717. The fourth-order valence-electron chi connectivity index (χ4n) is 1.96. The molecule has 0 radical (unpaired) electrons. The van der Waals surface area contributed by atoms with Gasteiger partial charge in [0.05, 0.1) is 12.3 Å². The number of rotatable bonds is 5. The second-order valence-corrected chi connectivity index (χ2v) is 5.07. The standard InChI is InChI=1S/C16H16F2N2OS/c17-13-6-7-15(14(18)10-13)19-16(22)20(8-9-21)11-12-4-2-1-3-5-12/h1-7,10,21H,8-9,11H2,(H,19,22). The van der Waals surface area contributed by atoms with Gasteiger partial charge in [0.2, 0.25) is 0 Å². The summed E-state index contributed by atoms with van der Waals surface area (Å²) in [6.45, 7) is 0.708. The van der Waals surface area contributed by atoms with E-state index >= 15 is 0 Å². The smallest absolute Gasteiger partial charge is 0.173 e. The van der Waals surface area contributed by atoms with Gasteiger partial charge in [0, 0.05) is 19.2 Å². The van der Waals surface area contributed by atoms with Crippen LogP contribution in [0.15, 0.2) is 48.5 Å². The van der Waals surface area contributed by atoms with E-state index in [9.17, 15) is 8.78 Å². The molecule has 3 nitrogen and oxygen atoms in total. The number of benzene rings is 2. The van der Waals surface area contributed by atoms with Gasteiger partial charge in [-0.1, -0.05) is 30.3 Å². The van der Waals surface area contributed by atoms with Crippen LogP contribution < -0.4 is 5.32 Å². The lowest BCUT2D eigenvalue weighted by Crippen LogP contribution is -2.36. The number of nitrogens with zero attached hydrogens (tertiary/aromatic N) is 1. The third kappa shape index (κ3) is 4.47. The molecule has 6 heteroatoms. The zero-order chi connectivity index (χ0) is 15.9. The Kier molecular flexibility index (Phi) is 5.80. The van der Waals surface area contributed by atoms with Crippen LogP contribution in [0, 0.1) is 11.6 Å². The average molecular weight is 322 g/mol. The molecular weight excluding hydrogens is 306 g/mol. The Labute approximate surface area is 133 Å². The molecule has 2 N–H and O–H groups in total. The highest BCUT2D eigenvalue weighted by Crippen LogP contribution is 2.16. The molecule has 0 unspecified atom stereocenters. The zero-order valence-electron chi connectivity index (χ0n) is 11.8. The van der Waals surface area contributed by atoms with Crippen LogP contribution in [0.1, 0.15) is 5.56 Å². The van der Waals surface area contributed by atoms with Crippen LogP contribution in [0.3, 0.4) is 0 Å². The summed E-state index contributed by atoms with van der Waals surface area (Å²) in [5.74, 6) is -1.36. The van der Waals surface area contributed by atoms with Crippen molar-refractivity contribution in [2.45, 2.75) is 6.54 Å². The van der Waals surface area contributed by atoms with Gasteiger partial charge in [-0.2, -0.15) is 0 Å². The number of halogens is 2. The van der Waals surface area contributed by atoms with Crippen molar-refractivity contribution in [2.75, 3.05) is 18.5 Å². The highest BCUT2D eigenvalue weighted by Gasteiger charge is 2.12. The Morgan fingerprint density at radius 2 is 1.86 bits per heavy atom. The Morgan fingerprint density at radius 3 is 2.50 bits per heavy atom. The first-order chi connectivity index (χ1) is 10.6. The molecule has 116 valence electrons. The van der Waals surface area contributed by atoms with E-state index in [1.54, 1.807) is 4.90 Å². The Balaban J connectivity index is 2.09. The van der Waals surface area contributed by atoms with E-state index in [1.165, 1.54) is 6.07 Å². The molecule has 0 heterocycles. The summed E-state index contributed by atoms with van der Waals surface area (Å²) in [7, 11) is 0. The molecule has 2 rings (SSSR count). The van der Waals surface area contributed by atoms with Gasteiger partial charge in [-0.15, -0.1) is 0 Å². The molecule has 2 aromatic carbocycles. The first-order valence-electron chi connectivity index (χ1n) is 6.76. The van der Waals surface area contributed by atoms with Crippen LogP contribution in [0.4, 0.5) is 14.5 Å². The van der Waals surface area contributed by atoms with Gasteiger partial charge < -0.3 is 15.3 Å². The lowest BCUT2D eigenvalue weighted by molar-refractivity contribution is 0.248. The van der Waals surface area contributed by atoms with Crippen molar-refractivity contribution >= 4 is 23.0 Å². The van der Waals surface area contributed by atoms with E-state index in [2.05, 4.69) is 5.32 Å². The summed E-state index contributed by atoms with van der Waals surface area (Å²) in [6, 6.07) is 12.8. The molecule has 0 amide bonds. The van der Waals surface area contributed by atoms with Gasteiger partial charge in [0.1, 0.15) is 11.6 Å². The van der Waals surface area contributed by atoms with Crippen LogP contribution in [-0.4, -0.2) is 28.3 Å². The van der Waals surface area contributed by atoms with Gasteiger partial charge in [-0.05, 0) is 29.9 Å². The third-order valence-electron chi connectivity index (χ3n) is 3.05. The van der Waals surface area contributed by atoms with Gasteiger partial charge in [0.25, 0.3) is 0 Å². The van der Waals surface area contributed by atoms with E-state index in [0.717, 1.165) is 17.7 Å². The van der Waals surface area contributed by atoms with E-state index in [0.29, 0.717) is 13.1 Å². The molecule has 0 saturated heterocycles. The summed E-state index contributed by atoms with van der Waals surface area (Å²) in [5.41, 5.74) is 1.11. The van der Waals surface area contributed by atoms with Crippen LogP contribution in [-0.2, 0) is 6.54 Å². The van der Waals surface area contributed by atoms with Gasteiger partial charge in [-0.3, -0.25) is 0 Å². The van der Waals surface area contributed by atoms with Crippen LogP contribution in [0.2, 0.25) is 0 Å². The molecule has 0 atom stereocenters. The number of aliphatic hydroxyl groups is 1. The third-order valence-corrected chi connectivity index (χ3v) is 3.41. The van der Waals surface area contributed by atoms with E-state index in [-0.39, 0.29) is 17.4 Å². The summed E-state index contributed by atoms with van der Waals surface area (Å²) in [5, 5.41) is 12.2. The molecule has 0 aliphatic heterocycles. The number of hydrogen-bond acceptors (Lipinski definition) is 2. The molecule has 22 heavy (non-hydrogen) atoms. The molecule has 0 aliphatic rings. The highest BCUT2D eigenvalue weighted by atomic mass is 32.1. The van der Waals surface area contributed by atoms with E-state index < -0.39 is 11.6 Å². The van der Waals surface area contributed by atoms with Crippen molar-refractivity contribution < 1.29 is 13.9 Å². The quantitative estimate of drug-likeness (QED) is 0.829. The van der Waals surface area contributed by atoms with Gasteiger partial charge >= 0.3 is 0 Å². The number of nitrogens with one attached hydrogen (secondary N) is 1. The van der Waals surface area contributed by atoms with Crippen LogP contribution >= 0.6 is 12.2 Å². The molecule has 0 saturated carbocycles. The molecule has 0 fully saturated rings. The van der Waals surface area contributed by atoms with Crippen molar-refractivity contribution in [1.82, 2.24) is 4.90 Å². The topological polar surface area (TPSA) is 35.5 Å². The summed E-state index contributed by atoms with van der Waals surface area (Å²) in [6.07, 6.45) is 0. The van der Waals surface area contributed by atoms with Crippen LogP contribution in [0.5, 0.6) is 0 Å². The first kappa shape index (κ1) is 16.3. The van der Waals surface area contributed by atoms with Crippen LogP contribution in [0.25, 0.3) is 0 Å². The summed E-state index contributed by atoms with van der Waals surface area (Å²) >= 11 is 5.26. The zero-order valence-corrected chi connectivity index (χ0v) is 12.6. The largest absolute Gasteiger partial charge is 0.395 e. The van der Waals surface area contributed by atoms with E-state index in [4.69, 9.17) is 17.3 Å². The van der Waals surface area contributed by atoms with Crippen molar-refractivity contribution in [3.8, 4) is 0 Å². The molecule has 2 aromatic rings. The predicted octanol–water partition coefficient (Wildman–Crippen LogP) is 3.16. The maximum atomic E-state index is 13.7. The monoisotopic (exact) mass is 322 g/mol. The summed E-state index contributed by atoms with van der Waals surface area (Å²) < 4.78 is 26.6. The molecule has 0 bridgehead atoms. The van der Waals surface area contributed by atoms with Gasteiger partial charge in [-0.25, -0.2) is 8.78 Å². The fraction of sp³-hybridized carbons (Fsp3) is 0.188. The normalized spacial score (nSPS) is 10.3. The highest BCUT2D eigenvalue weighted by molar-refractivity contribution is 7.80. The minimum absolute atomic E-state index is 0.0828. The SMILES string of the molecule is OCCN(Cc1ccccc1)C(=S)Nc1ccc(F)cc1F. The van der Waals surface area contributed by atoms with E-state index in [1.807, 2.05) is 30.3 Å². The molecular formula is C16H16F2N2OS. The van der Waals surface area contributed by atoms with Crippen molar-refractivity contribution in [2.24, 2.45) is 0 Å². The second-order valence-electron chi connectivity index (χ2n) is 4.69. The molecule has 0 spiro atoms.